The molecule has 0 N–H and O–H groups in total. The molecule has 1 rings (SSSR count). The van der Waals surface area contributed by atoms with E-state index >= 15 is 0 Å². The van der Waals surface area contributed by atoms with Gasteiger partial charge in [-0.2, -0.15) is 0 Å². The largest absolute Gasteiger partial charge is 0.396 e. The molecule has 0 saturated heterocycles. The van der Waals surface area contributed by atoms with Gasteiger partial charge in [0.05, 0.1) is 0 Å². The van der Waals surface area contributed by atoms with E-state index in [1.165, 1.54) is 11.1 Å². The van der Waals surface area contributed by atoms with Crippen molar-refractivity contribution < 1.29 is 8.85 Å². The second kappa shape index (κ2) is 7.72. The van der Waals surface area contributed by atoms with Crippen molar-refractivity contribution in [2.24, 2.45) is 0 Å². The summed E-state index contributed by atoms with van der Waals surface area (Å²) in [7, 11) is -1.62. The van der Waals surface area contributed by atoms with Crippen LogP contribution in [0.1, 0.15) is 57.2 Å². The second-order valence-corrected chi connectivity index (χ2v) is 7.25. The van der Waals surface area contributed by atoms with E-state index in [-0.39, 0.29) is 0 Å². The molecule has 0 saturated carbocycles. The van der Waals surface area contributed by atoms with Crippen LogP contribution in [0.4, 0.5) is 0 Å². The maximum atomic E-state index is 5.85. The van der Waals surface area contributed by atoms with Gasteiger partial charge in [-0.05, 0) is 30.9 Å². The van der Waals surface area contributed by atoms with Gasteiger partial charge in [0.2, 0.25) is 0 Å². The zero-order chi connectivity index (χ0) is 13.5. The maximum Gasteiger partial charge on any atom is 0.328 e. The van der Waals surface area contributed by atoms with Gasteiger partial charge in [0.25, 0.3) is 0 Å². The predicted octanol–water partition coefficient (Wildman–Crippen LogP) is 3.75. The van der Waals surface area contributed by atoms with Crippen molar-refractivity contribution in [3.8, 4) is 0 Å². The van der Waals surface area contributed by atoms with Crippen molar-refractivity contribution >= 4 is 9.28 Å². The Hall–Kier alpha value is -0.643. The molecule has 0 aliphatic rings. The van der Waals surface area contributed by atoms with Crippen LogP contribution in [-0.4, -0.2) is 22.5 Å². The molecule has 0 radical (unpaired) electrons. The summed E-state index contributed by atoms with van der Waals surface area (Å²) >= 11 is 0. The maximum absolute atomic E-state index is 5.85. The van der Waals surface area contributed by atoms with E-state index in [0.29, 0.717) is 11.5 Å². The van der Waals surface area contributed by atoms with Crippen LogP contribution in [0, 0.1) is 0 Å². The SMILES string of the molecule is CCO[SiH](OCC)C(C)c1ccccc1C(C)C. The molecule has 0 amide bonds. The molecular weight excluding hydrogens is 240 g/mol. The Labute approximate surface area is 113 Å². The van der Waals surface area contributed by atoms with Gasteiger partial charge in [-0.3, -0.25) is 0 Å². The standard InChI is InChI=1S/C15H26O2Si/c1-6-16-18(17-7-2)13(5)15-11-9-8-10-14(15)12(3)4/h8-13,18H,6-7H2,1-5H3. The Balaban J connectivity index is 2.96. The predicted molar refractivity (Wildman–Crippen MR) is 79.3 cm³/mol. The van der Waals surface area contributed by atoms with Crippen LogP contribution in [0.3, 0.4) is 0 Å². The molecule has 0 heterocycles. The van der Waals surface area contributed by atoms with E-state index in [1.807, 2.05) is 13.8 Å². The zero-order valence-electron chi connectivity index (χ0n) is 12.3. The van der Waals surface area contributed by atoms with Gasteiger partial charge in [-0.15, -0.1) is 0 Å². The number of benzene rings is 1. The van der Waals surface area contributed by atoms with Crippen molar-refractivity contribution in [3.05, 3.63) is 35.4 Å². The Bertz CT molecular complexity index is 346. The van der Waals surface area contributed by atoms with Crippen molar-refractivity contribution in [1.29, 1.82) is 0 Å². The average molecular weight is 266 g/mol. The summed E-state index contributed by atoms with van der Waals surface area (Å²) in [6.07, 6.45) is 0. The molecule has 0 bridgehead atoms. The van der Waals surface area contributed by atoms with Gasteiger partial charge in [-0.1, -0.05) is 45.0 Å². The molecular formula is C15H26O2Si. The minimum absolute atomic E-state index is 0.392. The summed E-state index contributed by atoms with van der Waals surface area (Å²) in [5.74, 6) is 0.543. The van der Waals surface area contributed by atoms with E-state index in [2.05, 4.69) is 45.0 Å². The van der Waals surface area contributed by atoms with Crippen LogP contribution in [-0.2, 0) is 8.85 Å². The highest BCUT2D eigenvalue weighted by molar-refractivity contribution is 6.46. The lowest BCUT2D eigenvalue weighted by Crippen LogP contribution is -2.30. The third-order valence-corrected chi connectivity index (χ3v) is 5.68. The van der Waals surface area contributed by atoms with Gasteiger partial charge >= 0.3 is 9.28 Å². The minimum Gasteiger partial charge on any atom is -0.396 e. The molecule has 18 heavy (non-hydrogen) atoms. The molecule has 0 aromatic heterocycles. The highest BCUT2D eigenvalue weighted by Crippen LogP contribution is 2.28. The number of hydrogen-bond acceptors (Lipinski definition) is 2. The van der Waals surface area contributed by atoms with E-state index in [1.54, 1.807) is 0 Å². The average Bonchev–Trinajstić information content (AvgIpc) is 2.37. The number of hydrogen-bond donors (Lipinski definition) is 0. The normalized spacial score (nSPS) is 13.3. The van der Waals surface area contributed by atoms with E-state index in [0.717, 1.165) is 13.2 Å². The molecule has 3 heteroatoms. The summed E-state index contributed by atoms with van der Waals surface area (Å²) in [5, 5.41) is 0. The van der Waals surface area contributed by atoms with Crippen molar-refractivity contribution in [3.63, 3.8) is 0 Å². The monoisotopic (exact) mass is 266 g/mol. The Morgan fingerprint density at radius 1 is 0.944 bits per heavy atom. The van der Waals surface area contributed by atoms with Gasteiger partial charge in [-0.25, -0.2) is 0 Å². The van der Waals surface area contributed by atoms with Gasteiger partial charge in [0.15, 0.2) is 0 Å². The molecule has 1 unspecified atom stereocenters. The molecule has 2 nitrogen and oxygen atoms in total. The van der Waals surface area contributed by atoms with Crippen LogP contribution in [0.5, 0.6) is 0 Å². The quantitative estimate of drug-likeness (QED) is 0.700. The van der Waals surface area contributed by atoms with Crippen LogP contribution in [0.15, 0.2) is 24.3 Å². The molecule has 0 aliphatic carbocycles. The van der Waals surface area contributed by atoms with Crippen LogP contribution in [0.25, 0.3) is 0 Å². The Morgan fingerprint density at radius 2 is 1.44 bits per heavy atom. The lowest BCUT2D eigenvalue weighted by Gasteiger charge is -2.24. The van der Waals surface area contributed by atoms with E-state index in [4.69, 9.17) is 8.85 Å². The summed E-state index contributed by atoms with van der Waals surface area (Å²) < 4.78 is 11.7. The van der Waals surface area contributed by atoms with Crippen molar-refractivity contribution in [2.75, 3.05) is 13.2 Å². The van der Waals surface area contributed by atoms with Gasteiger partial charge in [0, 0.05) is 18.8 Å². The molecule has 0 aliphatic heterocycles. The summed E-state index contributed by atoms with van der Waals surface area (Å²) in [6, 6.07) is 8.67. The topological polar surface area (TPSA) is 18.5 Å². The zero-order valence-corrected chi connectivity index (χ0v) is 13.4. The van der Waals surface area contributed by atoms with Crippen molar-refractivity contribution in [1.82, 2.24) is 0 Å². The highest BCUT2D eigenvalue weighted by atomic mass is 28.3. The lowest BCUT2D eigenvalue weighted by molar-refractivity contribution is 0.206. The fraction of sp³-hybridized carbons (Fsp3) is 0.600. The molecule has 1 aromatic carbocycles. The number of rotatable bonds is 7. The van der Waals surface area contributed by atoms with E-state index in [9.17, 15) is 0 Å². The van der Waals surface area contributed by atoms with Gasteiger partial charge < -0.3 is 8.85 Å². The lowest BCUT2D eigenvalue weighted by atomic mass is 9.96. The van der Waals surface area contributed by atoms with E-state index < -0.39 is 9.28 Å². The first-order valence-corrected chi connectivity index (χ1v) is 8.54. The fourth-order valence-corrected chi connectivity index (χ4v) is 4.19. The molecule has 0 spiro atoms. The molecule has 1 aromatic rings. The summed E-state index contributed by atoms with van der Waals surface area (Å²) in [4.78, 5) is 0. The Kier molecular flexibility index (Phi) is 6.61. The molecule has 102 valence electrons. The third kappa shape index (κ3) is 3.94. The Morgan fingerprint density at radius 3 is 1.89 bits per heavy atom. The van der Waals surface area contributed by atoms with Crippen molar-refractivity contribution in [2.45, 2.75) is 46.1 Å². The highest BCUT2D eigenvalue weighted by Gasteiger charge is 2.25. The minimum atomic E-state index is -1.62. The first-order chi connectivity index (χ1) is 8.61. The first-order valence-electron chi connectivity index (χ1n) is 6.93. The summed E-state index contributed by atoms with van der Waals surface area (Å²) in [6.45, 7) is 12.3. The van der Waals surface area contributed by atoms with Crippen LogP contribution in [0.2, 0.25) is 0 Å². The first kappa shape index (κ1) is 15.4. The smallest absolute Gasteiger partial charge is 0.328 e. The van der Waals surface area contributed by atoms with Crippen LogP contribution >= 0.6 is 0 Å². The van der Waals surface area contributed by atoms with Crippen LogP contribution < -0.4 is 0 Å². The second-order valence-electron chi connectivity index (χ2n) is 4.85. The fourth-order valence-electron chi connectivity index (χ4n) is 2.26. The molecule has 1 atom stereocenters. The molecule has 0 fully saturated rings. The van der Waals surface area contributed by atoms with Gasteiger partial charge in [0.1, 0.15) is 0 Å². The third-order valence-electron chi connectivity index (χ3n) is 3.18. The summed E-state index contributed by atoms with van der Waals surface area (Å²) in [5.41, 5.74) is 3.21.